The Morgan fingerprint density at radius 3 is 2.45 bits per heavy atom. The molecule has 3 N–H and O–H groups in total. The van der Waals surface area contributed by atoms with Crippen LogP contribution in [0.5, 0.6) is 0 Å². The maximum Gasteiger partial charge on any atom is 0.162 e. The van der Waals surface area contributed by atoms with E-state index in [2.05, 4.69) is 30.9 Å². The van der Waals surface area contributed by atoms with Crippen LogP contribution in [0.3, 0.4) is 0 Å². The third-order valence-corrected chi connectivity index (χ3v) is 6.16. The predicted octanol–water partition coefficient (Wildman–Crippen LogP) is 3.09. The Morgan fingerprint density at radius 2 is 1.76 bits per heavy atom. The van der Waals surface area contributed by atoms with Gasteiger partial charge in [-0.15, -0.1) is 0 Å². The van der Waals surface area contributed by atoms with Crippen molar-refractivity contribution in [3.8, 4) is 0 Å². The van der Waals surface area contributed by atoms with E-state index in [4.69, 9.17) is 24.7 Å². The Kier molecular flexibility index (Phi) is 9.88. The molecular weight excluding hydrogens is 424 g/mol. The first-order valence-electron chi connectivity index (χ1n) is 12.3. The van der Waals surface area contributed by atoms with Crippen LogP contribution in [0.15, 0.2) is 18.5 Å². The molecule has 4 atom stereocenters. The highest BCUT2D eigenvalue weighted by molar-refractivity contribution is 5.65. The number of aliphatic hydroxyl groups is 1. The number of nitrogens with zero attached hydrogens (tertiary/aromatic N) is 3. The maximum absolute atomic E-state index is 10.8. The Balaban J connectivity index is 1.99. The van der Waals surface area contributed by atoms with Crippen molar-refractivity contribution in [1.82, 2.24) is 14.6 Å². The number of nitrogen functional groups attached to an aromatic ring is 1. The smallest absolute Gasteiger partial charge is 0.162 e. The van der Waals surface area contributed by atoms with E-state index in [-0.39, 0.29) is 18.8 Å². The number of rotatable bonds is 15. The molecule has 1 fully saturated rings. The first-order chi connectivity index (χ1) is 16.1. The molecule has 9 nitrogen and oxygen atoms in total. The van der Waals surface area contributed by atoms with Gasteiger partial charge in [0.05, 0.1) is 18.9 Å². The third kappa shape index (κ3) is 5.66. The van der Waals surface area contributed by atoms with Crippen molar-refractivity contribution in [3.63, 3.8) is 0 Å². The van der Waals surface area contributed by atoms with Gasteiger partial charge in [-0.05, 0) is 31.4 Å². The van der Waals surface area contributed by atoms with Crippen LogP contribution in [0.1, 0.15) is 65.0 Å². The Labute approximate surface area is 196 Å². The molecular formula is C24H40N4O5. The van der Waals surface area contributed by atoms with Gasteiger partial charge < -0.3 is 29.8 Å². The summed E-state index contributed by atoms with van der Waals surface area (Å²) in [6, 6.07) is 3.71. The van der Waals surface area contributed by atoms with Gasteiger partial charge in [0.25, 0.3) is 0 Å². The highest BCUT2D eigenvalue weighted by Gasteiger charge is 2.58. The van der Waals surface area contributed by atoms with Gasteiger partial charge in [0, 0.05) is 19.8 Å². The number of hydrogen-bond acceptors (Lipinski definition) is 8. The zero-order chi connectivity index (χ0) is 23.7. The fourth-order valence-corrected chi connectivity index (χ4v) is 4.27. The molecule has 0 aromatic carbocycles. The summed E-state index contributed by atoms with van der Waals surface area (Å²) in [4.78, 5) is 4.08. The molecule has 2 aromatic heterocycles. The van der Waals surface area contributed by atoms with Gasteiger partial charge in [0.2, 0.25) is 0 Å². The van der Waals surface area contributed by atoms with Crippen LogP contribution in [-0.4, -0.2) is 71.1 Å². The zero-order valence-corrected chi connectivity index (χ0v) is 20.2. The summed E-state index contributed by atoms with van der Waals surface area (Å²) >= 11 is 0. The summed E-state index contributed by atoms with van der Waals surface area (Å²) < 4.78 is 27.0. The third-order valence-electron chi connectivity index (χ3n) is 6.16. The minimum absolute atomic E-state index is 0.293. The topological polar surface area (TPSA) is 113 Å². The van der Waals surface area contributed by atoms with Gasteiger partial charge in [-0.1, -0.05) is 40.0 Å². The number of nitrogens with two attached hydrogens (primary N) is 1. The molecule has 1 aliphatic heterocycles. The Morgan fingerprint density at radius 1 is 1.06 bits per heavy atom. The van der Waals surface area contributed by atoms with Gasteiger partial charge in [-0.3, -0.25) is 0 Å². The summed E-state index contributed by atoms with van der Waals surface area (Å²) in [5.41, 5.74) is 6.21. The lowest BCUT2D eigenvalue weighted by molar-refractivity contribution is -0.146. The van der Waals surface area contributed by atoms with E-state index in [0.29, 0.717) is 43.5 Å². The average molecular weight is 465 g/mol. The highest BCUT2D eigenvalue weighted by Crippen LogP contribution is 2.43. The molecule has 9 heteroatoms. The Hall–Kier alpha value is -1.78. The van der Waals surface area contributed by atoms with Crippen LogP contribution in [0.4, 0.5) is 5.82 Å². The van der Waals surface area contributed by atoms with E-state index in [1.807, 2.05) is 12.1 Å². The molecule has 1 saturated heterocycles. The second-order valence-electron chi connectivity index (χ2n) is 8.63. The number of aromatic nitrogens is 3. The fourth-order valence-electron chi connectivity index (χ4n) is 4.27. The molecule has 0 unspecified atom stereocenters. The van der Waals surface area contributed by atoms with Crippen LogP contribution in [0.2, 0.25) is 0 Å². The number of aliphatic hydroxyl groups excluding tert-OH is 1. The van der Waals surface area contributed by atoms with E-state index in [0.717, 1.165) is 38.5 Å². The van der Waals surface area contributed by atoms with Crippen LogP contribution < -0.4 is 5.73 Å². The molecule has 33 heavy (non-hydrogen) atoms. The summed E-state index contributed by atoms with van der Waals surface area (Å²) in [6.45, 7) is 8.25. The van der Waals surface area contributed by atoms with Gasteiger partial charge in [0.15, 0.2) is 11.4 Å². The second-order valence-corrected chi connectivity index (χ2v) is 8.63. The van der Waals surface area contributed by atoms with Crippen molar-refractivity contribution in [1.29, 1.82) is 0 Å². The molecule has 0 radical (unpaired) electrons. The second kappa shape index (κ2) is 12.6. The van der Waals surface area contributed by atoms with Gasteiger partial charge in [-0.25, -0.2) is 9.50 Å². The SMILES string of the molecule is CCCCOC[C@H]1O[C@@](CO)(c2ccc3c(N)ncnn23)[C@H](OCCCC)[C@@H]1OCCCC. The van der Waals surface area contributed by atoms with E-state index in [9.17, 15) is 5.11 Å². The van der Waals surface area contributed by atoms with E-state index in [1.54, 1.807) is 4.52 Å². The molecule has 0 aliphatic carbocycles. The molecule has 3 rings (SSSR count). The molecule has 0 spiro atoms. The van der Waals surface area contributed by atoms with E-state index in [1.165, 1.54) is 6.33 Å². The molecule has 186 valence electrons. The Bertz CT molecular complexity index is 847. The number of unbranched alkanes of at least 4 members (excludes halogenated alkanes) is 3. The number of anilines is 1. The van der Waals surface area contributed by atoms with Crippen LogP contribution in [0, 0.1) is 0 Å². The summed E-state index contributed by atoms with van der Waals surface area (Å²) in [5, 5.41) is 15.2. The van der Waals surface area contributed by atoms with Crippen molar-refractivity contribution in [2.24, 2.45) is 0 Å². The largest absolute Gasteiger partial charge is 0.393 e. The zero-order valence-electron chi connectivity index (χ0n) is 20.2. The lowest BCUT2D eigenvalue weighted by Gasteiger charge is -2.33. The minimum atomic E-state index is -1.17. The molecule has 1 aliphatic rings. The first kappa shape index (κ1) is 25.8. The van der Waals surface area contributed by atoms with Crippen molar-refractivity contribution in [3.05, 3.63) is 24.2 Å². The molecule has 0 bridgehead atoms. The van der Waals surface area contributed by atoms with Crippen molar-refractivity contribution in [2.45, 2.75) is 83.2 Å². The minimum Gasteiger partial charge on any atom is -0.393 e. The molecule has 2 aromatic rings. The van der Waals surface area contributed by atoms with Crippen molar-refractivity contribution < 1.29 is 24.1 Å². The monoisotopic (exact) mass is 464 g/mol. The van der Waals surface area contributed by atoms with Gasteiger partial charge >= 0.3 is 0 Å². The van der Waals surface area contributed by atoms with Crippen molar-refractivity contribution >= 4 is 11.3 Å². The van der Waals surface area contributed by atoms with E-state index < -0.39 is 11.7 Å². The van der Waals surface area contributed by atoms with Crippen LogP contribution >= 0.6 is 0 Å². The first-order valence-corrected chi connectivity index (χ1v) is 12.3. The standard InChI is InChI=1S/C24H40N4O5/c1-4-7-12-30-15-19-21(31-13-8-5-2)22(32-14-9-6-3)24(16-29,33-19)20-11-10-18-23(25)26-17-27-28(18)20/h10-11,17,19,21-22,29H,4-9,12-16H2,1-3H3,(H2,25,26,27)/t19-,21-,22-,24+/m1/s1. The quantitative estimate of drug-likeness (QED) is 0.387. The summed E-state index contributed by atoms with van der Waals surface area (Å²) in [7, 11) is 0. The molecule has 0 saturated carbocycles. The molecule has 0 amide bonds. The number of ether oxygens (including phenoxy) is 4. The number of fused-ring (bicyclic) bond motifs is 1. The average Bonchev–Trinajstić information content (AvgIpc) is 3.38. The maximum atomic E-state index is 10.8. The lowest BCUT2D eigenvalue weighted by Crippen LogP contribution is -2.47. The van der Waals surface area contributed by atoms with Crippen LogP contribution in [-0.2, 0) is 24.5 Å². The molecule has 3 heterocycles. The highest BCUT2D eigenvalue weighted by atomic mass is 16.6. The van der Waals surface area contributed by atoms with Gasteiger partial charge in [-0.2, -0.15) is 5.10 Å². The van der Waals surface area contributed by atoms with Crippen molar-refractivity contribution in [2.75, 3.05) is 38.8 Å². The fraction of sp³-hybridized carbons (Fsp3) is 0.750. The predicted molar refractivity (Wildman–Crippen MR) is 126 cm³/mol. The number of hydrogen-bond donors (Lipinski definition) is 2. The van der Waals surface area contributed by atoms with Crippen LogP contribution in [0.25, 0.3) is 5.52 Å². The lowest BCUT2D eigenvalue weighted by atomic mass is 9.91. The van der Waals surface area contributed by atoms with E-state index >= 15 is 0 Å². The normalized spacial score (nSPS) is 25.3. The summed E-state index contributed by atoms with van der Waals surface area (Å²) in [6.07, 6.45) is 6.01. The van der Waals surface area contributed by atoms with Gasteiger partial charge in [0.1, 0.15) is 30.2 Å². The summed E-state index contributed by atoms with van der Waals surface area (Å²) in [5.74, 6) is 0.362.